The quantitative estimate of drug-likeness (QED) is 0.344. The minimum Gasteiger partial charge on any atom is -0.352 e. The minimum atomic E-state index is -0.267. The first-order valence-corrected chi connectivity index (χ1v) is 11.8. The van der Waals surface area contributed by atoms with Gasteiger partial charge in [-0.3, -0.25) is 4.79 Å². The zero-order valence-corrected chi connectivity index (χ0v) is 18.6. The molecule has 0 atom stereocenters. The molecule has 1 aliphatic heterocycles. The maximum Gasteiger partial charge on any atom is 0.251 e. The van der Waals surface area contributed by atoms with Gasteiger partial charge in [0.05, 0.1) is 16.3 Å². The number of amides is 1. The van der Waals surface area contributed by atoms with E-state index in [9.17, 15) is 9.18 Å². The fourth-order valence-electron chi connectivity index (χ4n) is 3.27. The summed E-state index contributed by atoms with van der Waals surface area (Å²) >= 11 is 3.19. The van der Waals surface area contributed by atoms with Crippen molar-refractivity contribution in [3.8, 4) is 0 Å². The Labute approximate surface area is 184 Å². The number of nitrogens with one attached hydrogen (secondary N) is 1. The summed E-state index contributed by atoms with van der Waals surface area (Å²) in [7, 11) is 0. The average Bonchev–Trinajstić information content (AvgIpc) is 3.16. The van der Waals surface area contributed by atoms with Crippen molar-refractivity contribution in [1.82, 2.24) is 5.32 Å². The number of rotatable bonds is 6. The fourth-order valence-corrected chi connectivity index (χ4v) is 5.25. The molecule has 0 saturated carbocycles. The number of hydrogen-bond donors (Lipinski definition) is 1. The molecule has 0 bridgehead atoms. The lowest BCUT2D eigenvalue weighted by Gasteiger charge is -2.08. The van der Waals surface area contributed by atoms with Gasteiger partial charge in [-0.15, -0.1) is 11.3 Å². The van der Waals surface area contributed by atoms with Gasteiger partial charge in [-0.1, -0.05) is 32.0 Å². The van der Waals surface area contributed by atoms with Crippen molar-refractivity contribution in [2.24, 2.45) is 4.99 Å². The molecule has 1 amide bonds. The molecule has 0 unspecified atom stereocenters. The fraction of sp³-hybridized carbons (Fsp3) is 0.250. The summed E-state index contributed by atoms with van der Waals surface area (Å²) in [5.74, 6) is -0.360. The standard InChI is InChI=1S/C24H23FN2OS2/c1-3-5-12-26-24(28)15-6-10-20-19(13-15)27-23(21-11-8-17(4-2)29-21)18-9-7-16(25)14-22(18)30-20/h6-11,13-14H,3-5,12H2,1-2H3,(H,26,28). The van der Waals surface area contributed by atoms with Gasteiger partial charge < -0.3 is 5.32 Å². The second kappa shape index (κ2) is 9.14. The molecule has 0 radical (unpaired) electrons. The Kier molecular flexibility index (Phi) is 6.35. The lowest BCUT2D eigenvalue weighted by atomic mass is 10.1. The topological polar surface area (TPSA) is 41.5 Å². The van der Waals surface area contributed by atoms with Crippen molar-refractivity contribution in [2.45, 2.75) is 42.9 Å². The van der Waals surface area contributed by atoms with Crippen LogP contribution in [0.1, 0.15) is 52.4 Å². The molecule has 6 heteroatoms. The van der Waals surface area contributed by atoms with Gasteiger partial charge in [0.1, 0.15) is 5.82 Å². The number of benzene rings is 2. The van der Waals surface area contributed by atoms with Crippen molar-refractivity contribution in [3.05, 3.63) is 75.2 Å². The third-order valence-electron chi connectivity index (χ3n) is 4.93. The van der Waals surface area contributed by atoms with Crippen molar-refractivity contribution in [3.63, 3.8) is 0 Å². The van der Waals surface area contributed by atoms with Crippen LogP contribution in [0.2, 0.25) is 0 Å². The molecule has 1 N–H and O–H groups in total. The van der Waals surface area contributed by atoms with Crippen LogP contribution in [0.4, 0.5) is 10.1 Å². The van der Waals surface area contributed by atoms with Crippen LogP contribution in [0, 0.1) is 5.82 Å². The summed E-state index contributed by atoms with van der Waals surface area (Å²) in [6.07, 6.45) is 2.94. The summed E-state index contributed by atoms with van der Waals surface area (Å²) in [6.45, 7) is 4.88. The van der Waals surface area contributed by atoms with E-state index in [1.807, 2.05) is 18.2 Å². The van der Waals surface area contributed by atoms with E-state index in [0.717, 1.165) is 50.9 Å². The van der Waals surface area contributed by atoms with Crippen molar-refractivity contribution >= 4 is 40.4 Å². The highest BCUT2D eigenvalue weighted by atomic mass is 32.2. The summed E-state index contributed by atoms with van der Waals surface area (Å²) in [5, 5.41) is 2.96. The molecule has 0 spiro atoms. The SMILES string of the molecule is CCCCNC(=O)c1ccc2c(c1)N=C(c1ccc(CC)s1)c1ccc(F)cc1S2. The van der Waals surface area contributed by atoms with Gasteiger partial charge in [-0.2, -0.15) is 0 Å². The van der Waals surface area contributed by atoms with E-state index in [4.69, 9.17) is 4.99 Å². The highest BCUT2D eigenvalue weighted by molar-refractivity contribution is 7.99. The van der Waals surface area contributed by atoms with Crippen LogP contribution in [0.5, 0.6) is 0 Å². The van der Waals surface area contributed by atoms with Crippen LogP contribution in [-0.4, -0.2) is 18.2 Å². The maximum atomic E-state index is 14.0. The second-order valence-electron chi connectivity index (χ2n) is 7.11. The highest BCUT2D eigenvalue weighted by Crippen LogP contribution is 2.42. The normalized spacial score (nSPS) is 12.6. The largest absolute Gasteiger partial charge is 0.352 e. The smallest absolute Gasteiger partial charge is 0.251 e. The van der Waals surface area contributed by atoms with Crippen LogP contribution in [0.3, 0.4) is 0 Å². The third kappa shape index (κ3) is 4.35. The molecular weight excluding hydrogens is 415 g/mol. The lowest BCUT2D eigenvalue weighted by molar-refractivity contribution is 0.0953. The first kappa shape index (κ1) is 20.8. The lowest BCUT2D eigenvalue weighted by Crippen LogP contribution is -2.24. The van der Waals surface area contributed by atoms with Crippen LogP contribution in [0.15, 0.2) is 63.3 Å². The molecule has 154 valence electrons. The van der Waals surface area contributed by atoms with Crippen molar-refractivity contribution < 1.29 is 9.18 Å². The van der Waals surface area contributed by atoms with Gasteiger partial charge in [0.25, 0.3) is 5.91 Å². The van der Waals surface area contributed by atoms with Crippen LogP contribution in [0.25, 0.3) is 0 Å². The highest BCUT2D eigenvalue weighted by Gasteiger charge is 2.21. The first-order valence-electron chi connectivity index (χ1n) is 10.2. The Morgan fingerprint density at radius 2 is 1.93 bits per heavy atom. The number of halogens is 1. The van der Waals surface area contributed by atoms with Crippen LogP contribution < -0.4 is 5.32 Å². The number of unbranched alkanes of at least 4 members (excludes halogenated alkanes) is 1. The van der Waals surface area contributed by atoms with Gasteiger partial charge in [-0.05, 0) is 61.4 Å². The Balaban J connectivity index is 1.79. The van der Waals surface area contributed by atoms with E-state index in [-0.39, 0.29) is 11.7 Å². The molecular formula is C24H23FN2OS2. The zero-order valence-electron chi connectivity index (χ0n) is 17.0. The van der Waals surface area contributed by atoms with Gasteiger partial charge in [0.2, 0.25) is 0 Å². The molecule has 30 heavy (non-hydrogen) atoms. The van der Waals surface area contributed by atoms with E-state index < -0.39 is 0 Å². The number of aliphatic imine (C=N–C) groups is 1. The van der Waals surface area contributed by atoms with Gasteiger partial charge in [0, 0.05) is 32.3 Å². The predicted molar refractivity (Wildman–Crippen MR) is 123 cm³/mol. The average molecular weight is 439 g/mol. The Morgan fingerprint density at radius 3 is 2.70 bits per heavy atom. The Hall–Kier alpha value is -2.44. The van der Waals surface area contributed by atoms with Gasteiger partial charge in [0.15, 0.2) is 0 Å². The molecule has 1 aromatic heterocycles. The van der Waals surface area contributed by atoms with E-state index in [2.05, 4.69) is 31.3 Å². The summed E-state index contributed by atoms with van der Waals surface area (Å²) in [4.78, 5) is 21.6. The molecule has 1 aliphatic rings. The number of nitrogens with zero attached hydrogens (tertiary/aromatic N) is 1. The first-order chi connectivity index (χ1) is 14.6. The number of carbonyl (C=O) groups is 1. The molecule has 4 rings (SSSR count). The predicted octanol–water partition coefficient (Wildman–Crippen LogP) is 6.61. The number of thiophene rings is 1. The van der Waals surface area contributed by atoms with Crippen LogP contribution >= 0.6 is 23.1 Å². The molecule has 0 saturated heterocycles. The molecule has 2 heterocycles. The van der Waals surface area contributed by atoms with Gasteiger partial charge in [-0.25, -0.2) is 9.38 Å². The second-order valence-corrected chi connectivity index (χ2v) is 9.37. The molecule has 3 aromatic rings. The van der Waals surface area contributed by atoms with Crippen molar-refractivity contribution in [1.29, 1.82) is 0 Å². The van der Waals surface area contributed by atoms with E-state index >= 15 is 0 Å². The molecule has 0 aliphatic carbocycles. The van der Waals surface area contributed by atoms with E-state index in [1.54, 1.807) is 23.5 Å². The summed E-state index contributed by atoms with van der Waals surface area (Å²) < 4.78 is 14.0. The monoisotopic (exact) mass is 438 g/mol. The third-order valence-corrected chi connectivity index (χ3v) is 7.29. The van der Waals surface area contributed by atoms with Gasteiger partial charge >= 0.3 is 0 Å². The van der Waals surface area contributed by atoms with E-state index in [1.165, 1.54) is 22.7 Å². The number of fused-ring (bicyclic) bond motifs is 2. The minimum absolute atomic E-state index is 0.0924. The van der Waals surface area contributed by atoms with E-state index in [0.29, 0.717) is 12.1 Å². The number of hydrogen-bond acceptors (Lipinski definition) is 4. The molecule has 0 fully saturated rings. The Bertz CT molecular complexity index is 1120. The maximum absolute atomic E-state index is 14.0. The number of carbonyl (C=O) groups excluding carboxylic acids is 1. The molecule has 3 nitrogen and oxygen atoms in total. The number of aryl methyl sites for hydroxylation is 1. The zero-order chi connectivity index (χ0) is 21.1. The summed E-state index contributed by atoms with van der Waals surface area (Å²) in [5.41, 5.74) is 3.06. The van der Waals surface area contributed by atoms with Crippen LogP contribution in [-0.2, 0) is 6.42 Å². The molecule has 2 aromatic carbocycles. The van der Waals surface area contributed by atoms with Crippen molar-refractivity contribution in [2.75, 3.05) is 6.54 Å². The summed E-state index contributed by atoms with van der Waals surface area (Å²) in [6, 6.07) is 14.6. The Morgan fingerprint density at radius 1 is 1.07 bits per heavy atom.